The SMILES string of the molecule is CCNC(=NCCCCN1C(=O)c2ccccc2C1=O)NC1CCc2nc(C)nn2C1. The van der Waals surface area contributed by atoms with Crippen LogP contribution in [0.25, 0.3) is 0 Å². The molecule has 1 atom stereocenters. The summed E-state index contributed by atoms with van der Waals surface area (Å²) in [5.74, 6) is 2.26. The molecule has 31 heavy (non-hydrogen) atoms. The number of hydrogen-bond acceptors (Lipinski definition) is 5. The first-order chi connectivity index (χ1) is 15.1. The van der Waals surface area contributed by atoms with Crippen molar-refractivity contribution in [3.05, 3.63) is 47.0 Å². The number of aromatic nitrogens is 3. The molecule has 2 aliphatic heterocycles. The van der Waals surface area contributed by atoms with Crippen LogP contribution in [0.5, 0.6) is 0 Å². The van der Waals surface area contributed by atoms with E-state index in [0.717, 1.165) is 56.4 Å². The van der Waals surface area contributed by atoms with Crippen molar-refractivity contribution in [2.24, 2.45) is 4.99 Å². The molecule has 0 spiro atoms. The Hall–Kier alpha value is -3.23. The second-order valence-corrected chi connectivity index (χ2v) is 7.91. The van der Waals surface area contributed by atoms with Crippen LogP contribution in [0.3, 0.4) is 0 Å². The van der Waals surface area contributed by atoms with Gasteiger partial charge in [-0.05, 0) is 45.2 Å². The molecule has 0 saturated carbocycles. The second-order valence-electron chi connectivity index (χ2n) is 7.91. The molecule has 3 heterocycles. The van der Waals surface area contributed by atoms with Crippen LogP contribution in [0.15, 0.2) is 29.3 Å². The largest absolute Gasteiger partial charge is 0.357 e. The van der Waals surface area contributed by atoms with Gasteiger partial charge in [-0.15, -0.1) is 0 Å². The van der Waals surface area contributed by atoms with Gasteiger partial charge in [0.25, 0.3) is 11.8 Å². The van der Waals surface area contributed by atoms with Crippen molar-refractivity contribution in [2.75, 3.05) is 19.6 Å². The fraction of sp³-hybridized carbons (Fsp3) is 0.500. The second kappa shape index (κ2) is 9.28. The van der Waals surface area contributed by atoms with Crippen LogP contribution in [0, 0.1) is 6.92 Å². The first-order valence-electron chi connectivity index (χ1n) is 11.0. The maximum Gasteiger partial charge on any atom is 0.261 e. The van der Waals surface area contributed by atoms with Gasteiger partial charge in [-0.3, -0.25) is 19.5 Å². The topological polar surface area (TPSA) is 105 Å². The van der Waals surface area contributed by atoms with E-state index >= 15 is 0 Å². The number of imide groups is 1. The van der Waals surface area contributed by atoms with Crippen LogP contribution >= 0.6 is 0 Å². The maximum absolute atomic E-state index is 12.4. The van der Waals surface area contributed by atoms with Crippen LogP contribution in [0.2, 0.25) is 0 Å². The Kier molecular flexibility index (Phi) is 6.29. The first-order valence-corrected chi connectivity index (χ1v) is 11.0. The highest BCUT2D eigenvalue weighted by atomic mass is 16.2. The number of hydrogen-bond donors (Lipinski definition) is 2. The number of benzene rings is 1. The van der Waals surface area contributed by atoms with Gasteiger partial charge in [-0.2, -0.15) is 5.10 Å². The summed E-state index contributed by atoms with van der Waals surface area (Å²) in [6, 6.07) is 7.25. The Bertz CT molecular complexity index is 962. The van der Waals surface area contributed by atoms with Crippen LogP contribution in [-0.2, 0) is 13.0 Å². The zero-order valence-electron chi connectivity index (χ0n) is 18.1. The molecule has 1 aromatic heterocycles. The van der Waals surface area contributed by atoms with E-state index in [1.54, 1.807) is 24.3 Å². The van der Waals surface area contributed by atoms with Crippen LogP contribution in [-0.4, -0.2) is 63.1 Å². The lowest BCUT2D eigenvalue weighted by Gasteiger charge is -2.25. The predicted octanol–water partition coefficient (Wildman–Crippen LogP) is 1.53. The minimum atomic E-state index is -0.195. The summed E-state index contributed by atoms with van der Waals surface area (Å²) in [5, 5.41) is 11.2. The molecule has 2 amide bonds. The molecule has 4 rings (SSSR count). The molecule has 0 saturated heterocycles. The van der Waals surface area contributed by atoms with Crippen molar-refractivity contribution in [3.63, 3.8) is 0 Å². The Balaban J connectivity index is 1.25. The van der Waals surface area contributed by atoms with Crippen molar-refractivity contribution in [1.82, 2.24) is 30.3 Å². The number of unbranched alkanes of at least 4 members (excludes halogenated alkanes) is 1. The molecule has 0 bridgehead atoms. The van der Waals surface area contributed by atoms with Gasteiger partial charge in [0.2, 0.25) is 0 Å². The average molecular weight is 424 g/mol. The number of carbonyl (C=O) groups is 2. The number of nitrogens with one attached hydrogen (secondary N) is 2. The van der Waals surface area contributed by atoms with Crippen molar-refractivity contribution in [2.45, 2.75) is 52.1 Å². The van der Waals surface area contributed by atoms with E-state index in [1.165, 1.54) is 4.90 Å². The molecule has 0 aliphatic carbocycles. The highest BCUT2D eigenvalue weighted by Crippen LogP contribution is 2.22. The summed E-state index contributed by atoms with van der Waals surface area (Å²) >= 11 is 0. The molecule has 0 radical (unpaired) electrons. The highest BCUT2D eigenvalue weighted by molar-refractivity contribution is 6.21. The highest BCUT2D eigenvalue weighted by Gasteiger charge is 2.34. The van der Waals surface area contributed by atoms with E-state index in [4.69, 9.17) is 0 Å². The molecule has 1 aromatic carbocycles. The third-order valence-corrected chi connectivity index (χ3v) is 5.59. The van der Waals surface area contributed by atoms with E-state index in [0.29, 0.717) is 24.2 Å². The molecule has 1 unspecified atom stereocenters. The molecular formula is C22H29N7O2. The van der Waals surface area contributed by atoms with E-state index in [2.05, 4.69) is 25.7 Å². The smallest absolute Gasteiger partial charge is 0.261 e. The predicted molar refractivity (Wildman–Crippen MR) is 117 cm³/mol. The summed E-state index contributed by atoms with van der Waals surface area (Å²) in [6.45, 7) is 6.56. The molecule has 2 aliphatic rings. The number of carbonyl (C=O) groups excluding carboxylic acids is 2. The molecule has 9 nitrogen and oxygen atoms in total. The van der Waals surface area contributed by atoms with Gasteiger partial charge < -0.3 is 10.6 Å². The van der Waals surface area contributed by atoms with Crippen molar-refractivity contribution in [1.29, 1.82) is 0 Å². The van der Waals surface area contributed by atoms with Gasteiger partial charge in [-0.1, -0.05) is 12.1 Å². The van der Waals surface area contributed by atoms with Crippen LogP contribution < -0.4 is 10.6 Å². The lowest BCUT2D eigenvalue weighted by atomic mass is 10.1. The van der Waals surface area contributed by atoms with Crippen molar-refractivity contribution < 1.29 is 9.59 Å². The van der Waals surface area contributed by atoms with Crippen molar-refractivity contribution in [3.8, 4) is 0 Å². The number of nitrogens with zero attached hydrogens (tertiary/aromatic N) is 5. The quantitative estimate of drug-likeness (QED) is 0.303. The maximum atomic E-state index is 12.4. The lowest BCUT2D eigenvalue weighted by Crippen LogP contribution is -2.47. The lowest BCUT2D eigenvalue weighted by molar-refractivity contribution is 0.0652. The van der Waals surface area contributed by atoms with Gasteiger partial charge in [0.1, 0.15) is 11.6 Å². The molecule has 0 fully saturated rings. The number of aliphatic imine (C=N–C) groups is 1. The van der Waals surface area contributed by atoms with E-state index in [-0.39, 0.29) is 17.9 Å². The third-order valence-electron chi connectivity index (χ3n) is 5.59. The Morgan fingerprint density at radius 1 is 1.19 bits per heavy atom. The number of guanidine groups is 1. The van der Waals surface area contributed by atoms with Gasteiger partial charge in [0, 0.05) is 32.1 Å². The molecule has 164 valence electrons. The summed E-state index contributed by atoms with van der Waals surface area (Å²) < 4.78 is 1.97. The van der Waals surface area contributed by atoms with E-state index in [1.807, 2.05) is 18.5 Å². The Labute approximate surface area is 181 Å². The minimum absolute atomic E-state index is 0.195. The van der Waals surface area contributed by atoms with Crippen molar-refractivity contribution >= 4 is 17.8 Å². The number of amides is 2. The summed E-state index contributed by atoms with van der Waals surface area (Å²) in [4.78, 5) is 35.3. The summed E-state index contributed by atoms with van der Waals surface area (Å²) in [5.41, 5.74) is 1.00. The Morgan fingerprint density at radius 2 is 1.94 bits per heavy atom. The standard InChI is InChI=1S/C22H29N7O2/c1-3-23-22(26-16-10-11-19-25-15(2)27-29(19)14-16)24-12-6-7-13-28-20(30)17-8-4-5-9-18(17)21(28)31/h4-5,8-9,16H,3,6-7,10-14H2,1-2H3,(H2,23,24,26). The van der Waals surface area contributed by atoms with Gasteiger partial charge in [0.05, 0.1) is 17.7 Å². The zero-order valence-corrected chi connectivity index (χ0v) is 18.1. The van der Waals surface area contributed by atoms with Gasteiger partial charge >= 0.3 is 0 Å². The summed E-state index contributed by atoms with van der Waals surface area (Å²) in [6.07, 6.45) is 3.40. The number of rotatable bonds is 7. The van der Waals surface area contributed by atoms with Gasteiger partial charge in [-0.25, -0.2) is 9.67 Å². The zero-order chi connectivity index (χ0) is 21.8. The molecular weight excluding hydrogens is 394 g/mol. The average Bonchev–Trinajstić information content (AvgIpc) is 3.25. The third kappa shape index (κ3) is 4.60. The van der Waals surface area contributed by atoms with Crippen LogP contribution in [0.1, 0.15) is 58.6 Å². The Morgan fingerprint density at radius 3 is 2.65 bits per heavy atom. The molecule has 2 N–H and O–H groups in total. The monoisotopic (exact) mass is 423 g/mol. The minimum Gasteiger partial charge on any atom is -0.357 e. The fourth-order valence-electron chi connectivity index (χ4n) is 4.08. The first kappa shape index (κ1) is 21.0. The number of aryl methyl sites for hydroxylation is 2. The van der Waals surface area contributed by atoms with Gasteiger partial charge in [0.15, 0.2) is 5.96 Å². The molecule has 9 heteroatoms. The normalized spacial score (nSPS) is 18.2. The number of fused-ring (bicyclic) bond motifs is 2. The fourth-order valence-corrected chi connectivity index (χ4v) is 4.08. The van der Waals surface area contributed by atoms with E-state index < -0.39 is 0 Å². The van der Waals surface area contributed by atoms with E-state index in [9.17, 15) is 9.59 Å². The molecule has 2 aromatic rings. The van der Waals surface area contributed by atoms with Crippen LogP contribution in [0.4, 0.5) is 0 Å². The summed E-state index contributed by atoms with van der Waals surface area (Å²) in [7, 11) is 0.